The molecule has 1 aliphatic rings. The van der Waals surface area contributed by atoms with Gasteiger partial charge in [-0.15, -0.1) is 0 Å². The zero-order chi connectivity index (χ0) is 19.2. The number of benzene rings is 2. The van der Waals surface area contributed by atoms with Crippen molar-refractivity contribution in [2.45, 2.75) is 19.3 Å². The number of methoxy groups -OCH3 is 1. The molecule has 2 amide bonds. The van der Waals surface area contributed by atoms with Gasteiger partial charge in [0.2, 0.25) is 11.8 Å². The Hall–Kier alpha value is -2.86. The molecule has 0 saturated carbocycles. The lowest BCUT2D eigenvalue weighted by Crippen LogP contribution is -2.30. The van der Waals surface area contributed by atoms with E-state index in [1.807, 2.05) is 49.5 Å². The summed E-state index contributed by atoms with van der Waals surface area (Å²) in [6.45, 7) is 1.29. The Labute approximate surface area is 159 Å². The van der Waals surface area contributed by atoms with Crippen molar-refractivity contribution in [1.29, 1.82) is 0 Å². The molecule has 2 N–H and O–H groups in total. The Morgan fingerprint density at radius 3 is 2.81 bits per heavy atom. The van der Waals surface area contributed by atoms with Gasteiger partial charge in [-0.25, -0.2) is 0 Å². The van der Waals surface area contributed by atoms with E-state index in [-0.39, 0.29) is 11.8 Å². The van der Waals surface area contributed by atoms with E-state index in [0.29, 0.717) is 25.9 Å². The van der Waals surface area contributed by atoms with Crippen LogP contribution < -0.4 is 20.3 Å². The largest absolute Gasteiger partial charge is 0.497 e. The normalized spacial score (nSPS) is 12.6. The summed E-state index contributed by atoms with van der Waals surface area (Å²) >= 11 is 0. The van der Waals surface area contributed by atoms with Crippen LogP contribution in [0, 0.1) is 0 Å². The van der Waals surface area contributed by atoms with E-state index in [4.69, 9.17) is 4.74 Å². The topological polar surface area (TPSA) is 70.7 Å². The Kier molecular flexibility index (Phi) is 6.08. The van der Waals surface area contributed by atoms with Gasteiger partial charge in [0.15, 0.2) is 0 Å². The average molecular weight is 367 g/mol. The van der Waals surface area contributed by atoms with Crippen molar-refractivity contribution in [2.24, 2.45) is 0 Å². The van der Waals surface area contributed by atoms with Gasteiger partial charge in [-0.05, 0) is 48.9 Å². The number of ether oxygens (including phenoxy) is 1. The Balaban J connectivity index is 1.71. The maximum Gasteiger partial charge on any atom is 0.231 e. The van der Waals surface area contributed by atoms with Crippen molar-refractivity contribution in [1.82, 2.24) is 5.32 Å². The SMILES string of the molecule is CNCCC(=O)Nc1ccc2c(c1)N(C(=O)Cc1cccc(OC)c1)CC2. The van der Waals surface area contributed by atoms with Gasteiger partial charge in [-0.2, -0.15) is 0 Å². The molecule has 2 aromatic rings. The van der Waals surface area contributed by atoms with Crippen molar-refractivity contribution in [2.75, 3.05) is 37.5 Å². The number of carbonyl (C=O) groups is 2. The van der Waals surface area contributed by atoms with Crippen LogP contribution in [0.1, 0.15) is 17.5 Å². The summed E-state index contributed by atoms with van der Waals surface area (Å²) in [5.74, 6) is 0.742. The highest BCUT2D eigenvalue weighted by molar-refractivity contribution is 5.98. The molecule has 1 heterocycles. The van der Waals surface area contributed by atoms with Crippen LogP contribution in [0.2, 0.25) is 0 Å². The standard InChI is InChI=1S/C21H25N3O3/c1-22-10-8-20(25)23-17-7-6-16-9-11-24(19(16)14-17)21(26)13-15-4-3-5-18(12-15)27-2/h3-7,12,14,22H,8-11,13H2,1-2H3,(H,23,25). The predicted molar refractivity (Wildman–Crippen MR) is 106 cm³/mol. The first-order valence-electron chi connectivity index (χ1n) is 9.11. The number of carbonyl (C=O) groups excluding carboxylic acids is 2. The molecule has 0 saturated heterocycles. The van der Waals surface area contributed by atoms with Crippen molar-refractivity contribution >= 4 is 23.2 Å². The molecule has 0 radical (unpaired) electrons. The Bertz CT molecular complexity index is 835. The molecule has 0 spiro atoms. The van der Waals surface area contributed by atoms with Crippen LogP contribution in [-0.4, -0.2) is 39.1 Å². The summed E-state index contributed by atoms with van der Waals surface area (Å²) in [5, 5.41) is 5.85. The van der Waals surface area contributed by atoms with Crippen molar-refractivity contribution < 1.29 is 14.3 Å². The maximum atomic E-state index is 12.8. The molecule has 0 fully saturated rings. The third-order valence-electron chi connectivity index (χ3n) is 4.66. The van der Waals surface area contributed by atoms with Gasteiger partial charge in [-0.3, -0.25) is 9.59 Å². The molecule has 2 aromatic carbocycles. The van der Waals surface area contributed by atoms with Crippen LogP contribution in [0.3, 0.4) is 0 Å². The summed E-state index contributed by atoms with van der Waals surface area (Å²) < 4.78 is 5.23. The molecule has 142 valence electrons. The van der Waals surface area contributed by atoms with Gasteiger partial charge in [0.1, 0.15) is 5.75 Å². The van der Waals surface area contributed by atoms with E-state index in [0.717, 1.165) is 34.7 Å². The molecule has 6 nitrogen and oxygen atoms in total. The summed E-state index contributed by atoms with van der Waals surface area (Å²) in [7, 11) is 3.43. The summed E-state index contributed by atoms with van der Waals surface area (Å²) in [6, 6.07) is 13.3. The third-order valence-corrected chi connectivity index (χ3v) is 4.66. The molecule has 0 aromatic heterocycles. The minimum Gasteiger partial charge on any atom is -0.497 e. The van der Waals surface area contributed by atoms with E-state index in [1.54, 1.807) is 12.0 Å². The van der Waals surface area contributed by atoms with E-state index in [2.05, 4.69) is 10.6 Å². The zero-order valence-corrected chi connectivity index (χ0v) is 15.7. The highest BCUT2D eigenvalue weighted by atomic mass is 16.5. The van der Waals surface area contributed by atoms with Crippen LogP contribution in [-0.2, 0) is 22.4 Å². The summed E-state index contributed by atoms with van der Waals surface area (Å²) in [5.41, 5.74) is 3.65. The second-order valence-electron chi connectivity index (χ2n) is 6.57. The highest BCUT2D eigenvalue weighted by Crippen LogP contribution is 2.31. The number of hydrogen-bond donors (Lipinski definition) is 2. The number of amides is 2. The molecular formula is C21H25N3O3. The molecule has 1 aliphatic heterocycles. The van der Waals surface area contributed by atoms with Crippen LogP contribution in [0.4, 0.5) is 11.4 Å². The molecule has 0 aliphatic carbocycles. The van der Waals surface area contributed by atoms with Gasteiger partial charge in [0.25, 0.3) is 0 Å². The highest BCUT2D eigenvalue weighted by Gasteiger charge is 2.25. The van der Waals surface area contributed by atoms with Gasteiger partial charge in [-0.1, -0.05) is 18.2 Å². The number of nitrogens with zero attached hydrogens (tertiary/aromatic N) is 1. The van der Waals surface area contributed by atoms with E-state index in [9.17, 15) is 9.59 Å². The van der Waals surface area contributed by atoms with Gasteiger partial charge in [0.05, 0.1) is 13.5 Å². The molecule has 6 heteroatoms. The lowest BCUT2D eigenvalue weighted by atomic mass is 10.1. The van der Waals surface area contributed by atoms with Gasteiger partial charge in [0, 0.05) is 30.9 Å². The van der Waals surface area contributed by atoms with Crippen LogP contribution >= 0.6 is 0 Å². The molecule has 0 bridgehead atoms. The molecule has 0 atom stereocenters. The minimum absolute atomic E-state index is 0.0423. The first-order chi connectivity index (χ1) is 13.1. The number of anilines is 2. The summed E-state index contributed by atoms with van der Waals surface area (Å²) in [4.78, 5) is 26.6. The maximum absolute atomic E-state index is 12.8. The Morgan fingerprint density at radius 1 is 1.19 bits per heavy atom. The summed E-state index contributed by atoms with van der Waals surface area (Å²) in [6.07, 6.45) is 1.55. The fourth-order valence-electron chi connectivity index (χ4n) is 3.23. The lowest BCUT2D eigenvalue weighted by Gasteiger charge is -2.18. The molecule has 3 rings (SSSR count). The first kappa shape index (κ1) is 18.9. The lowest BCUT2D eigenvalue weighted by molar-refractivity contribution is -0.118. The molecule has 0 unspecified atom stereocenters. The number of nitrogens with one attached hydrogen (secondary N) is 2. The molecule has 27 heavy (non-hydrogen) atoms. The van der Waals surface area contributed by atoms with E-state index in [1.165, 1.54) is 0 Å². The monoisotopic (exact) mass is 367 g/mol. The predicted octanol–water partition coefficient (Wildman–Crippen LogP) is 2.38. The van der Waals surface area contributed by atoms with Crippen molar-refractivity contribution in [3.8, 4) is 5.75 Å². The Morgan fingerprint density at radius 2 is 2.04 bits per heavy atom. The average Bonchev–Trinajstić information content (AvgIpc) is 3.10. The fraction of sp³-hybridized carbons (Fsp3) is 0.333. The third kappa shape index (κ3) is 4.65. The van der Waals surface area contributed by atoms with Gasteiger partial charge < -0.3 is 20.3 Å². The number of hydrogen-bond acceptors (Lipinski definition) is 4. The van der Waals surface area contributed by atoms with Gasteiger partial charge >= 0.3 is 0 Å². The van der Waals surface area contributed by atoms with E-state index < -0.39 is 0 Å². The molecular weight excluding hydrogens is 342 g/mol. The van der Waals surface area contributed by atoms with Crippen molar-refractivity contribution in [3.63, 3.8) is 0 Å². The van der Waals surface area contributed by atoms with Crippen LogP contribution in [0.15, 0.2) is 42.5 Å². The quantitative estimate of drug-likeness (QED) is 0.788. The first-order valence-corrected chi connectivity index (χ1v) is 9.11. The van der Waals surface area contributed by atoms with Crippen LogP contribution in [0.5, 0.6) is 5.75 Å². The number of fused-ring (bicyclic) bond motifs is 1. The minimum atomic E-state index is -0.0449. The van der Waals surface area contributed by atoms with Crippen LogP contribution in [0.25, 0.3) is 0 Å². The second-order valence-corrected chi connectivity index (χ2v) is 6.57. The smallest absolute Gasteiger partial charge is 0.231 e. The van der Waals surface area contributed by atoms with E-state index >= 15 is 0 Å². The second kappa shape index (κ2) is 8.68. The van der Waals surface area contributed by atoms with Crippen molar-refractivity contribution in [3.05, 3.63) is 53.6 Å². The zero-order valence-electron chi connectivity index (χ0n) is 15.7. The fourth-order valence-corrected chi connectivity index (χ4v) is 3.23. The number of rotatable bonds is 7.